The number of aliphatic imine (C=N–C) groups is 1. The predicted molar refractivity (Wildman–Crippen MR) is 104 cm³/mol. The first kappa shape index (κ1) is 18.3. The zero-order valence-corrected chi connectivity index (χ0v) is 15.1. The van der Waals surface area contributed by atoms with Crippen molar-refractivity contribution in [1.29, 1.82) is 0 Å². The van der Waals surface area contributed by atoms with E-state index in [1.165, 1.54) is 0 Å². The number of nitrogens with two attached hydrogens (primary N) is 1. The summed E-state index contributed by atoms with van der Waals surface area (Å²) in [5, 5.41) is 2.22. The summed E-state index contributed by atoms with van der Waals surface area (Å²) in [6, 6.07) is 14.0. The molecule has 0 heterocycles. The van der Waals surface area contributed by atoms with Crippen LogP contribution < -0.4 is 11.3 Å². The Bertz CT molecular complexity index is 836. The van der Waals surface area contributed by atoms with Gasteiger partial charge in [0, 0.05) is 12.3 Å². The molecular weight excluding hydrogens is 326 g/mol. The summed E-state index contributed by atoms with van der Waals surface area (Å²) in [5.74, 6) is 5.18. The molecule has 0 radical (unpaired) electrons. The zero-order chi connectivity index (χ0) is 18.5. The van der Waals surface area contributed by atoms with Crippen LogP contribution in [0.4, 0.5) is 0 Å². The lowest BCUT2D eigenvalue weighted by Gasteiger charge is -2.23. The number of benzene rings is 2. The van der Waals surface area contributed by atoms with Crippen LogP contribution in [0.2, 0.25) is 0 Å². The first-order chi connectivity index (χ1) is 12.6. The van der Waals surface area contributed by atoms with Crippen LogP contribution in [0.1, 0.15) is 38.2 Å². The fraction of sp³-hybridized carbons (Fsp3) is 0.381. The Hall–Kier alpha value is -2.53. The predicted octanol–water partition coefficient (Wildman–Crippen LogP) is 3.17. The SMILES string of the molecule is CC1CCC(C(=O)N=C(Cc2ccc3ccccc3c2)C(=O)NN)CC1. The Kier molecular flexibility index (Phi) is 5.78. The molecule has 0 saturated heterocycles. The molecule has 1 aliphatic carbocycles. The van der Waals surface area contributed by atoms with E-state index in [2.05, 4.69) is 17.3 Å². The van der Waals surface area contributed by atoms with Gasteiger partial charge < -0.3 is 0 Å². The summed E-state index contributed by atoms with van der Waals surface area (Å²) in [7, 11) is 0. The quantitative estimate of drug-likeness (QED) is 0.384. The second-order valence-corrected chi connectivity index (χ2v) is 7.19. The number of carbonyl (C=O) groups excluding carboxylic acids is 2. The molecule has 3 rings (SSSR count). The largest absolute Gasteiger partial charge is 0.289 e. The smallest absolute Gasteiger partial charge is 0.280 e. The average Bonchev–Trinajstić information content (AvgIpc) is 2.67. The maximum atomic E-state index is 12.5. The molecule has 136 valence electrons. The van der Waals surface area contributed by atoms with Crippen molar-refractivity contribution in [1.82, 2.24) is 5.43 Å². The number of hydrazine groups is 1. The lowest BCUT2D eigenvalue weighted by Crippen LogP contribution is -2.38. The van der Waals surface area contributed by atoms with Crippen molar-refractivity contribution in [2.24, 2.45) is 22.7 Å². The molecular formula is C21H25N3O2. The van der Waals surface area contributed by atoms with E-state index in [0.29, 0.717) is 5.92 Å². The van der Waals surface area contributed by atoms with Gasteiger partial charge in [-0.3, -0.25) is 15.0 Å². The van der Waals surface area contributed by atoms with Gasteiger partial charge in [-0.15, -0.1) is 0 Å². The van der Waals surface area contributed by atoms with E-state index in [-0.39, 0.29) is 24.0 Å². The minimum atomic E-state index is -0.504. The summed E-state index contributed by atoms with van der Waals surface area (Å²) in [6.45, 7) is 2.21. The Morgan fingerprint density at radius 3 is 2.46 bits per heavy atom. The maximum absolute atomic E-state index is 12.5. The standard InChI is InChI=1S/C21H25N3O2/c1-14-6-9-17(10-7-14)20(25)23-19(21(26)24-22)13-15-8-11-16-4-2-3-5-18(16)12-15/h2-5,8,11-12,14,17H,6-7,9-10,13,22H2,1H3,(H,24,26). The van der Waals surface area contributed by atoms with Gasteiger partial charge in [0.05, 0.1) is 0 Å². The van der Waals surface area contributed by atoms with Crippen molar-refractivity contribution < 1.29 is 9.59 Å². The van der Waals surface area contributed by atoms with Crippen molar-refractivity contribution >= 4 is 28.3 Å². The number of amides is 2. The lowest BCUT2D eigenvalue weighted by molar-refractivity contribution is -0.123. The highest BCUT2D eigenvalue weighted by molar-refractivity contribution is 6.40. The fourth-order valence-electron chi connectivity index (χ4n) is 3.53. The van der Waals surface area contributed by atoms with Crippen molar-refractivity contribution in [2.75, 3.05) is 0 Å². The number of rotatable bonds is 4. The van der Waals surface area contributed by atoms with Gasteiger partial charge in [0.15, 0.2) is 0 Å². The monoisotopic (exact) mass is 351 g/mol. The minimum absolute atomic E-state index is 0.0802. The topological polar surface area (TPSA) is 84.5 Å². The van der Waals surface area contributed by atoms with Crippen LogP contribution >= 0.6 is 0 Å². The maximum Gasteiger partial charge on any atom is 0.280 e. The van der Waals surface area contributed by atoms with E-state index in [4.69, 9.17) is 5.84 Å². The van der Waals surface area contributed by atoms with Crippen LogP contribution in [0, 0.1) is 11.8 Å². The summed E-state index contributed by atoms with van der Waals surface area (Å²) < 4.78 is 0. The Morgan fingerprint density at radius 2 is 1.77 bits per heavy atom. The third-order valence-electron chi connectivity index (χ3n) is 5.19. The van der Waals surface area contributed by atoms with Crippen molar-refractivity contribution in [3.05, 3.63) is 48.0 Å². The van der Waals surface area contributed by atoms with Crippen LogP contribution in [0.25, 0.3) is 10.8 Å². The van der Waals surface area contributed by atoms with E-state index >= 15 is 0 Å². The van der Waals surface area contributed by atoms with Crippen molar-refractivity contribution in [3.8, 4) is 0 Å². The van der Waals surface area contributed by atoms with Gasteiger partial charge >= 0.3 is 0 Å². The molecule has 1 aliphatic rings. The molecule has 0 atom stereocenters. The molecule has 2 amide bonds. The van der Waals surface area contributed by atoms with Crippen LogP contribution in [-0.4, -0.2) is 17.5 Å². The highest BCUT2D eigenvalue weighted by Gasteiger charge is 2.25. The first-order valence-electron chi connectivity index (χ1n) is 9.17. The van der Waals surface area contributed by atoms with Gasteiger partial charge in [0.25, 0.3) is 5.91 Å². The molecule has 3 N–H and O–H groups in total. The molecule has 0 spiro atoms. The molecule has 0 aromatic heterocycles. The van der Waals surface area contributed by atoms with Gasteiger partial charge in [-0.2, -0.15) is 0 Å². The summed E-state index contributed by atoms with van der Waals surface area (Å²) in [5.41, 5.74) is 3.22. The average molecular weight is 351 g/mol. The van der Waals surface area contributed by atoms with E-state index in [9.17, 15) is 9.59 Å². The van der Waals surface area contributed by atoms with Crippen LogP contribution in [0.15, 0.2) is 47.5 Å². The molecule has 0 bridgehead atoms. The lowest BCUT2D eigenvalue weighted by atomic mass is 9.82. The Labute approximate surface area is 153 Å². The molecule has 0 aliphatic heterocycles. The number of nitrogens with one attached hydrogen (secondary N) is 1. The van der Waals surface area contributed by atoms with E-state index in [0.717, 1.165) is 42.0 Å². The Morgan fingerprint density at radius 1 is 1.08 bits per heavy atom. The fourth-order valence-corrected chi connectivity index (χ4v) is 3.53. The Balaban J connectivity index is 1.80. The summed E-state index contributed by atoms with van der Waals surface area (Å²) >= 11 is 0. The third-order valence-corrected chi connectivity index (χ3v) is 5.19. The number of carbonyl (C=O) groups is 2. The van der Waals surface area contributed by atoms with Crippen molar-refractivity contribution in [3.63, 3.8) is 0 Å². The molecule has 5 heteroatoms. The van der Waals surface area contributed by atoms with E-state index < -0.39 is 5.91 Å². The molecule has 2 aromatic rings. The van der Waals surface area contributed by atoms with Gasteiger partial charge in [0.1, 0.15) is 5.71 Å². The number of hydrogen-bond donors (Lipinski definition) is 2. The van der Waals surface area contributed by atoms with E-state index in [1.54, 1.807) is 0 Å². The van der Waals surface area contributed by atoms with Gasteiger partial charge in [0.2, 0.25) is 5.91 Å². The van der Waals surface area contributed by atoms with Crippen LogP contribution in [0.5, 0.6) is 0 Å². The zero-order valence-electron chi connectivity index (χ0n) is 15.1. The first-order valence-corrected chi connectivity index (χ1v) is 9.17. The number of fused-ring (bicyclic) bond motifs is 1. The normalized spacial score (nSPS) is 20.8. The van der Waals surface area contributed by atoms with Gasteiger partial charge in [-0.1, -0.05) is 49.4 Å². The number of hydrogen-bond acceptors (Lipinski definition) is 3. The van der Waals surface area contributed by atoms with Crippen LogP contribution in [-0.2, 0) is 16.0 Å². The second-order valence-electron chi connectivity index (χ2n) is 7.19. The van der Waals surface area contributed by atoms with Gasteiger partial charge in [-0.25, -0.2) is 10.8 Å². The molecule has 5 nitrogen and oxygen atoms in total. The molecule has 1 fully saturated rings. The second kappa shape index (κ2) is 8.23. The highest BCUT2D eigenvalue weighted by atomic mass is 16.2. The molecule has 2 aromatic carbocycles. The summed E-state index contributed by atoms with van der Waals surface area (Å²) in [4.78, 5) is 28.8. The van der Waals surface area contributed by atoms with Crippen molar-refractivity contribution in [2.45, 2.75) is 39.0 Å². The summed E-state index contributed by atoms with van der Waals surface area (Å²) in [6.07, 6.45) is 4.04. The minimum Gasteiger partial charge on any atom is -0.289 e. The third kappa shape index (κ3) is 4.35. The van der Waals surface area contributed by atoms with E-state index in [1.807, 2.05) is 42.5 Å². The molecule has 1 saturated carbocycles. The molecule has 26 heavy (non-hydrogen) atoms. The van der Waals surface area contributed by atoms with Crippen LogP contribution in [0.3, 0.4) is 0 Å². The molecule has 0 unspecified atom stereocenters. The highest BCUT2D eigenvalue weighted by Crippen LogP contribution is 2.29. The number of nitrogens with zero attached hydrogens (tertiary/aromatic N) is 1. The van der Waals surface area contributed by atoms with Gasteiger partial charge in [-0.05, 0) is 47.9 Å².